The average molecular weight is 262 g/mol. The summed E-state index contributed by atoms with van der Waals surface area (Å²) in [5, 5.41) is 6.85. The van der Waals surface area contributed by atoms with E-state index in [0.29, 0.717) is 11.3 Å². The molecule has 1 aromatic heterocycles. The topological polar surface area (TPSA) is 49.8 Å². The monoisotopic (exact) mass is 262 g/mol. The first kappa shape index (κ1) is 14.3. The Kier molecular flexibility index (Phi) is 4.40. The molecule has 1 saturated heterocycles. The van der Waals surface area contributed by atoms with E-state index in [4.69, 9.17) is 0 Å². The van der Waals surface area contributed by atoms with Crippen molar-refractivity contribution >= 4 is 5.95 Å². The van der Waals surface area contributed by atoms with E-state index in [0.717, 1.165) is 37.0 Å². The molecule has 2 N–H and O–H groups in total. The third-order valence-corrected chi connectivity index (χ3v) is 3.95. The smallest absolute Gasteiger partial charge is 0.223 e. The van der Waals surface area contributed by atoms with Crippen molar-refractivity contribution in [2.75, 3.05) is 25.0 Å². The van der Waals surface area contributed by atoms with Crippen molar-refractivity contribution in [1.29, 1.82) is 0 Å². The van der Waals surface area contributed by atoms with Crippen LogP contribution < -0.4 is 10.6 Å². The van der Waals surface area contributed by atoms with Gasteiger partial charge in [0.1, 0.15) is 0 Å². The fourth-order valence-electron chi connectivity index (χ4n) is 2.47. The second-order valence-electron chi connectivity index (χ2n) is 6.33. The lowest BCUT2D eigenvalue weighted by atomic mass is 9.81. The van der Waals surface area contributed by atoms with Crippen LogP contribution in [-0.2, 0) is 0 Å². The number of hydrogen-bond acceptors (Lipinski definition) is 4. The molecule has 1 aliphatic heterocycles. The lowest BCUT2D eigenvalue weighted by molar-refractivity contribution is 0.247. The summed E-state index contributed by atoms with van der Waals surface area (Å²) in [6.07, 6.45) is 2.42. The zero-order chi connectivity index (χ0) is 13.9. The first-order valence-corrected chi connectivity index (χ1v) is 7.29. The van der Waals surface area contributed by atoms with Gasteiger partial charge in [-0.1, -0.05) is 20.8 Å². The first-order chi connectivity index (χ1) is 8.98. The minimum atomic E-state index is 0.357. The summed E-state index contributed by atoms with van der Waals surface area (Å²) in [7, 11) is 0. The summed E-state index contributed by atoms with van der Waals surface area (Å²) in [6.45, 7) is 11.9. The second-order valence-corrected chi connectivity index (χ2v) is 6.33. The third kappa shape index (κ3) is 3.90. The molecule has 4 heteroatoms. The van der Waals surface area contributed by atoms with E-state index in [1.54, 1.807) is 0 Å². The predicted octanol–water partition coefficient (Wildman–Crippen LogP) is 2.71. The van der Waals surface area contributed by atoms with Crippen molar-refractivity contribution < 1.29 is 0 Å². The molecule has 0 amide bonds. The molecule has 0 atom stereocenters. The number of aryl methyl sites for hydroxylation is 1. The van der Waals surface area contributed by atoms with Crippen LogP contribution in [0.3, 0.4) is 0 Å². The molecule has 2 heterocycles. The van der Waals surface area contributed by atoms with E-state index in [1.807, 2.05) is 6.92 Å². The molecule has 1 fully saturated rings. The van der Waals surface area contributed by atoms with Crippen molar-refractivity contribution in [3.05, 3.63) is 17.5 Å². The first-order valence-electron chi connectivity index (χ1n) is 7.29. The Labute approximate surface area is 116 Å². The molecule has 0 saturated carbocycles. The summed E-state index contributed by atoms with van der Waals surface area (Å²) in [5.74, 6) is 1.22. The minimum Gasteiger partial charge on any atom is -0.354 e. The Hall–Kier alpha value is -1.16. The quantitative estimate of drug-likeness (QED) is 0.876. The highest BCUT2D eigenvalue weighted by atomic mass is 15.1. The van der Waals surface area contributed by atoms with Crippen LogP contribution in [-0.4, -0.2) is 29.6 Å². The van der Waals surface area contributed by atoms with Crippen molar-refractivity contribution in [2.45, 2.75) is 46.5 Å². The van der Waals surface area contributed by atoms with Gasteiger partial charge in [0.2, 0.25) is 5.95 Å². The highest BCUT2D eigenvalue weighted by Gasteiger charge is 2.26. The fraction of sp³-hybridized carbons (Fsp3) is 0.733. The summed E-state index contributed by atoms with van der Waals surface area (Å²) in [5.41, 5.74) is 2.51. The van der Waals surface area contributed by atoms with Gasteiger partial charge in [-0.2, -0.15) is 0 Å². The largest absolute Gasteiger partial charge is 0.354 e. The van der Waals surface area contributed by atoms with Gasteiger partial charge in [0.15, 0.2) is 0 Å². The van der Waals surface area contributed by atoms with E-state index in [9.17, 15) is 0 Å². The molecular formula is C15H26N4. The standard InChI is InChI=1S/C15H26N4/c1-11(2)13-9-12(3)18-14(19-13)17-10-15(4)5-7-16-8-6-15/h9,11,16H,5-8,10H2,1-4H3,(H,17,18,19). The van der Waals surface area contributed by atoms with Gasteiger partial charge in [0.05, 0.1) is 0 Å². The fourth-order valence-corrected chi connectivity index (χ4v) is 2.47. The molecule has 0 spiro atoms. The van der Waals surface area contributed by atoms with Gasteiger partial charge in [0, 0.05) is 17.9 Å². The van der Waals surface area contributed by atoms with Crippen molar-refractivity contribution in [3.8, 4) is 0 Å². The third-order valence-electron chi connectivity index (χ3n) is 3.95. The molecule has 0 bridgehead atoms. The zero-order valence-corrected chi connectivity index (χ0v) is 12.6. The summed E-state index contributed by atoms with van der Waals surface area (Å²) in [6, 6.07) is 2.07. The molecule has 0 unspecified atom stereocenters. The minimum absolute atomic E-state index is 0.357. The normalized spacial score (nSPS) is 18.6. The Morgan fingerprint density at radius 1 is 1.32 bits per heavy atom. The molecule has 1 aliphatic rings. The number of aromatic nitrogens is 2. The van der Waals surface area contributed by atoms with Crippen molar-refractivity contribution in [1.82, 2.24) is 15.3 Å². The Morgan fingerprint density at radius 2 is 2.00 bits per heavy atom. The molecule has 1 aromatic rings. The van der Waals surface area contributed by atoms with Crippen molar-refractivity contribution in [3.63, 3.8) is 0 Å². The van der Waals surface area contributed by atoms with E-state index in [1.165, 1.54) is 12.8 Å². The number of hydrogen-bond donors (Lipinski definition) is 2. The van der Waals surface area contributed by atoms with Gasteiger partial charge in [-0.05, 0) is 50.3 Å². The molecule has 0 aromatic carbocycles. The molecule has 2 rings (SSSR count). The van der Waals surface area contributed by atoms with Crippen LogP contribution in [0.15, 0.2) is 6.07 Å². The number of piperidine rings is 1. The van der Waals surface area contributed by atoms with E-state index >= 15 is 0 Å². The predicted molar refractivity (Wildman–Crippen MR) is 79.6 cm³/mol. The van der Waals surface area contributed by atoms with Crippen LogP contribution in [0.2, 0.25) is 0 Å². The highest BCUT2D eigenvalue weighted by molar-refractivity contribution is 5.29. The lowest BCUT2D eigenvalue weighted by Gasteiger charge is -2.34. The van der Waals surface area contributed by atoms with Crippen LogP contribution in [0.4, 0.5) is 5.95 Å². The molecule has 0 aliphatic carbocycles. The van der Waals surface area contributed by atoms with Gasteiger partial charge in [-0.15, -0.1) is 0 Å². The van der Waals surface area contributed by atoms with E-state index in [-0.39, 0.29) is 0 Å². The lowest BCUT2D eigenvalue weighted by Crippen LogP contribution is -2.39. The van der Waals surface area contributed by atoms with Crippen LogP contribution in [0.1, 0.15) is 50.9 Å². The van der Waals surface area contributed by atoms with Gasteiger partial charge in [0.25, 0.3) is 0 Å². The maximum Gasteiger partial charge on any atom is 0.223 e. The number of nitrogens with zero attached hydrogens (tertiary/aromatic N) is 2. The summed E-state index contributed by atoms with van der Waals surface area (Å²) in [4.78, 5) is 9.10. The van der Waals surface area contributed by atoms with Gasteiger partial charge >= 0.3 is 0 Å². The highest BCUT2D eigenvalue weighted by Crippen LogP contribution is 2.27. The maximum absolute atomic E-state index is 4.61. The number of anilines is 1. The maximum atomic E-state index is 4.61. The Bertz CT molecular complexity index is 422. The van der Waals surface area contributed by atoms with Crippen LogP contribution >= 0.6 is 0 Å². The van der Waals surface area contributed by atoms with E-state index in [2.05, 4.69) is 47.4 Å². The zero-order valence-electron chi connectivity index (χ0n) is 12.6. The Morgan fingerprint density at radius 3 is 2.63 bits per heavy atom. The van der Waals surface area contributed by atoms with Crippen LogP contribution in [0.25, 0.3) is 0 Å². The Balaban J connectivity index is 2.02. The summed E-state index contributed by atoms with van der Waals surface area (Å²) >= 11 is 0. The molecule has 106 valence electrons. The van der Waals surface area contributed by atoms with Gasteiger partial charge < -0.3 is 10.6 Å². The molecule has 19 heavy (non-hydrogen) atoms. The van der Waals surface area contributed by atoms with Gasteiger partial charge in [-0.25, -0.2) is 9.97 Å². The second kappa shape index (κ2) is 5.87. The summed E-state index contributed by atoms with van der Waals surface area (Å²) < 4.78 is 0. The number of rotatable bonds is 4. The number of nitrogens with one attached hydrogen (secondary N) is 2. The SMILES string of the molecule is Cc1cc(C(C)C)nc(NCC2(C)CCNCC2)n1. The molecular weight excluding hydrogens is 236 g/mol. The van der Waals surface area contributed by atoms with Crippen LogP contribution in [0.5, 0.6) is 0 Å². The van der Waals surface area contributed by atoms with Crippen LogP contribution in [0, 0.1) is 12.3 Å². The van der Waals surface area contributed by atoms with Gasteiger partial charge in [-0.3, -0.25) is 0 Å². The van der Waals surface area contributed by atoms with Crippen molar-refractivity contribution in [2.24, 2.45) is 5.41 Å². The molecule has 0 radical (unpaired) electrons. The average Bonchev–Trinajstić information content (AvgIpc) is 2.37. The van der Waals surface area contributed by atoms with E-state index < -0.39 is 0 Å². The molecule has 4 nitrogen and oxygen atoms in total.